The first-order valence-corrected chi connectivity index (χ1v) is 5.89. The highest BCUT2D eigenvalue weighted by atomic mass is 32.1. The van der Waals surface area contributed by atoms with Gasteiger partial charge in [0, 0.05) is 18.6 Å². The predicted octanol–water partition coefficient (Wildman–Crippen LogP) is 1.78. The standard InChI is InChI=1S/C9H8N6O2S/c1-13-5-6(4-10-13)11-7-8(15(16)17)14-2-3-18-9(14)12-7/h2-5,11H,1H3. The van der Waals surface area contributed by atoms with Crippen molar-refractivity contribution in [2.24, 2.45) is 7.05 Å². The smallest absolute Gasteiger partial charge is 0.358 e. The SMILES string of the molecule is Cn1cc(Nc2nc3sccn3c2[N+](=O)[O-])cn1. The normalized spacial score (nSPS) is 10.9. The van der Waals surface area contributed by atoms with Gasteiger partial charge in [-0.1, -0.05) is 11.3 Å². The summed E-state index contributed by atoms with van der Waals surface area (Å²) in [7, 11) is 1.77. The maximum atomic E-state index is 11.1. The number of hydrogen-bond donors (Lipinski definition) is 1. The third-order valence-corrected chi connectivity index (χ3v) is 3.13. The number of aryl methyl sites for hydroxylation is 1. The molecule has 0 bridgehead atoms. The van der Waals surface area contributed by atoms with Gasteiger partial charge in [0.25, 0.3) is 4.96 Å². The van der Waals surface area contributed by atoms with E-state index in [1.807, 2.05) is 0 Å². The second kappa shape index (κ2) is 3.81. The van der Waals surface area contributed by atoms with Crippen molar-refractivity contribution in [3.8, 4) is 0 Å². The predicted molar refractivity (Wildman–Crippen MR) is 66.2 cm³/mol. The Morgan fingerprint density at radius 3 is 3.06 bits per heavy atom. The number of hydrogen-bond acceptors (Lipinski definition) is 6. The van der Waals surface area contributed by atoms with E-state index in [0.717, 1.165) is 0 Å². The van der Waals surface area contributed by atoms with Crippen molar-refractivity contribution < 1.29 is 4.92 Å². The molecule has 0 saturated heterocycles. The van der Waals surface area contributed by atoms with E-state index in [1.165, 1.54) is 15.7 Å². The molecular formula is C9H8N6O2S. The lowest BCUT2D eigenvalue weighted by Crippen LogP contribution is -1.97. The largest absolute Gasteiger partial charge is 0.373 e. The molecule has 0 atom stereocenters. The second-order valence-electron chi connectivity index (χ2n) is 3.62. The number of thiazole rings is 1. The Bertz CT molecular complexity index is 726. The second-order valence-corrected chi connectivity index (χ2v) is 4.50. The quantitative estimate of drug-likeness (QED) is 0.575. The van der Waals surface area contributed by atoms with Gasteiger partial charge in [0.1, 0.15) is 6.20 Å². The Labute approximate surface area is 105 Å². The summed E-state index contributed by atoms with van der Waals surface area (Å²) >= 11 is 1.34. The monoisotopic (exact) mass is 264 g/mol. The van der Waals surface area contributed by atoms with Crippen LogP contribution in [0.2, 0.25) is 0 Å². The molecule has 3 heterocycles. The molecule has 0 spiro atoms. The number of nitrogens with one attached hydrogen (secondary N) is 1. The van der Waals surface area contributed by atoms with Crippen LogP contribution in [-0.2, 0) is 7.05 Å². The zero-order chi connectivity index (χ0) is 12.7. The molecule has 0 aliphatic rings. The zero-order valence-corrected chi connectivity index (χ0v) is 10.1. The first-order valence-electron chi connectivity index (χ1n) is 5.01. The van der Waals surface area contributed by atoms with E-state index in [1.54, 1.807) is 35.7 Å². The first kappa shape index (κ1) is 10.7. The topological polar surface area (TPSA) is 90.3 Å². The average Bonchev–Trinajstić information content (AvgIpc) is 2.93. The molecule has 0 unspecified atom stereocenters. The summed E-state index contributed by atoms with van der Waals surface area (Å²) in [4.78, 5) is 15.4. The Morgan fingerprint density at radius 2 is 2.39 bits per heavy atom. The van der Waals surface area contributed by atoms with Crippen LogP contribution >= 0.6 is 11.3 Å². The fourth-order valence-electron chi connectivity index (χ4n) is 1.65. The molecule has 0 fully saturated rings. The van der Waals surface area contributed by atoms with Crippen molar-refractivity contribution in [3.63, 3.8) is 0 Å². The summed E-state index contributed by atoms with van der Waals surface area (Å²) in [5.41, 5.74) is 0.659. The molecule has 18 heavy (non-hydrogen) atoms. The number of nitrogens with zero attached hydrogens (tertiary/aromatic N) is 5. The van der Waals surface area contributed by atoms with E-state index in [9.17, 15) is 10.1 Å². The van der Waals surface area contributed by atoms with Gasteiger partial charge in [-0.05, 0) is 4.92 Å². The van der Waals surface area contributed by atoms with Gasteiger partial charge in [-0.3, -0.25) is 4.68 Å². The minimum atomic E-state index is -0.453. The Balaban J connectivity index is 2.08. The molecule has 0 aliphatic heterocycles. The molecule has 0 amide bonds. The van der Waals surface area contributed by atoms with Gasteiger partial charge >= 0.3 is 5.82 Å². The van der Waals surface area contributed by atoms with Crippen molar-refractivity contribution in [1.82, 2.24) is 19.2 Å². The fraction of sp³-hybridized carbons (Fsp3) is 0.111. The third kappa shape index (κ3) is 1.61. The molecule has 3 rings (SSSR count). The van der Waals surface area contributed by atoms with Gasteiger partial charge < -0.3 is 15.4 Å². The maximum absolute atomic E-state index is 11.1. The van der Waals surface area contributed by atoms with Crippen LogP contribution in [-0.4, -0.2) is 24.1 Å². The number of imidazole rings is 1. The lowest BCUT2D eigenvalue weighted by Gasteiger charge is -1.98. The molecule has 0 aliphatic carbocycles. The van der Waals surface area contributed by atoms with Gasteiger partial charge in [-0.25, -0.2) is 0 Å². The first-order chi connectivity index (χ1) is 8.65. The van der Waals surface area contributed by atoms with E-state index >= 15 is 0 Å². The number of anilines is 2. The van der Waals surface area contributed by atoms with Crippen LogP contribution < -0.4 is 5.32 Å². The zero-order valence-electron chi connectivity index (χ0n) is 9.27. The lowest BCUT2D eigenvalue weighted by atomic mass is 10.5. The lowest BCUT2D eigenvalue weighted by molar-refractivity contribution is -0.389. The minimum absolute atomic E-state index is 0.0740. The Hall–Kier alpha value is -2.42. The highest BCUT2D eigenvalue weighted by molar-refractivity contribution is 7.15. The molecule has 1 N–H and O–H groups in total. The maximum Gasteiger partial charge on any atom is 0.373 e. The summed E-state index contributed by atoms with van der Waals surface area (Å²) in [5.74, 6) is 0.148. The number of aromatic nitrogens is 4. The molecule has 92 valence electrons. The van der Waals surface area contributed by atoms with Crippen molar-refractivity contribution >= 4 is 33.6 Å². The minimum Gasteiger partial charge on any atom is -0.358 e. The van der Waals surface area contributed by atoms with E-state index in [2.05, 4.69) is 15.4 Å². The van der Waals surface area contributed by atoms with Crippen LogP contribution in [0.4, 0.5) is 17.3 Å². The Kier molecular flexibility index (Phi) is 2.27. The van der Waals surface area contributed by atoms with Crippen LogP contribution in [0.25, 0.3) is 4.96 Å². The molecule has 3 aromatic rings. The summed E-state index contributed by atoms with van der Waals surface area (Å²) in [6.07, 6.45) is 4.92. The van der Waals surface area contributed by atoms with Gasteiger partial charge in [0.05, 0.1) is 11.9 Å². The Morgan fingerprint density at radius 1 is 1.56 bits per heavy atom. The van der Waals surface area contributed by atoms with E-state index in [-0.39, 0.29) is 11.6 Å². The highest BCUT2D eigenvalue weighted by Gasteiger charge is 2.23. The van der Waals surface area contributed by atoms with Crippen LogP contribution in [0, 0.1) is 10.1 Å². The number of rotatable bonds is 3. The van der Waals surface area contributed by atoms with Crippen LogP contribution in [0.3, 0.4) is 0 Å². The van der Waals surface area contributed by atoms with E-state index in [4.69, 9.17) is 0 Å². The molecular weight excluding hydrogens is 256 g/mol. The summed E-state index contributed by atoms with van der Waals surface area (Å²) in [6, 6.07) is 0. The molecule has 0 saturated carbocycles. The average molecular weight is 264 g/mol. The molecule has 0 radical (unpaired) electrons. The van der Waals surface area contributed by atoms with Gasteiger partial charge in [-0.2, -0.15) is 14.5 Å². The van der Waals surface area contributed by atoms with Crippen molar-refractivity contribution in [1.29, 1.82) is 0 Å². The fourth-order valence-corrected chi connectivity index (χ4v) is 2.36. The summed E-state index contributed by atoms with van der Waals surface area (Å²) in [6.45, 7) is 0. The van der Waals surface area contributed by atoms with Crippen molar-refractivity contribution in [2.45, 2.75) is 0 Å². The van der Waals surface area contributed by atoms with E-state index < -0.39 is 4.92 Å². The molecule has 0 aromatic carbocycles. The van der Waals surface area contributed by atoms with Gasteiger partial charge in [0.2, 0.25) is 5.82 Å². The highest BCUT2D eigenvalue weighted by Crippen LogP contribution is 2.30. The summed E-state index contributed by atoms with van der Waals surface area (Å²) in [5, 5.41) is 19.7. The van der Waals surface area contributed by atoms with Gasteiger partial charge in [-0.15, -0.1) is 0 Å². The summed E-state index contributed by atoms with van der Waals surface area (Å²) < 4.78 is 3.05. The van der Waals surface area contributed by atoms with Gasteiger partial charge in [0.15, 0.2) is 0 Å². The number of nitro groups is 1. The molecule has 9 heteroatoms. The van der Waals surface area contributed by atoms with E-state index in [0.29, 0.717) is 10.6 Å². The number of fused-ring (bicyclic) bond motifs is 1. The van der Waals surface area contributed by atoms with Crippen LogP contribution in [0.1, 0.15) is 0 Å². The van der Waals surface area contributed by atoms with Crippen LogP contribution in [0.5, 0.6) is 0 Å². The van der Waals surface area contributed by atoms with Crippen LogP contribution in [0.15, 0.2) is 24.0 Å². The van der Waals surface area contributed by atoms with Crippen molar-refractivity contribution in [3.05, 3.63) is 34.1 Å². The van der Waals surface area contributed by atoms with Crippen molar-refractivity contribution in [2.75, 3.05) is 5.32 Å². The molecule has 3 aromatic heterocycles. The third-order valence-electron chi connectivity index (χ3n) is 2.38. The molecule has 8 nitrogen and oxygen atoms in total.